The topological polar surface area (TPSA) is 37.8 Å². The van der Waals surface area contributed by atoms with Gasteiger partial charge < -0.3 is 5.32 Å². The van der Waals surface area contributed by atoms with Gasteiger partial charge in [-0.3, -0.25) is 0 Å². The van der Waals surface area contributed by atoms with Gasteiger partial charge in [0, 0.05) is 30.2 Å². The minimum atomic E-state index is 0.397. The second kappa shape index (κ2) is 5.41. The third-order valence-electron chi connectivity index (χ3n) is 2.21. The largest absolute Gasteiger partial charge is 0.368 e. The molecule has 0 aliphatic heterocycles. The van der Waals surface area contributed by atoms with E-state index in [-0.39, 0.29) is 0 Å². The van der Waals surface area contributed by atoms with E-state index in [9.17, 15) is 0 Å². The van der Waals surface area contributed by atoms with Gasteiger partial charge in [-0.2, -0.15) is 0 Å². The summed E-state index contributed by atoms with van der Waals surface area (Å²) >= 11 is 5.14. The van der Waals surface area contributed by atoms with Crippen molar-refractivity contribution < 1.29 is 0 Å². The molecular weight excluding hydrogens is 286 g/mol. The molecule has 3 nitrogen and oxygen atoms in total. The Labute approximate surface area is 107 Å². The number of halogens is 1. The molecule has 0 spiro atoms. The van der Waals surface area contributed by atoms with Crippen molar-refractivity contribution in [3.8, 4) is 0 Å². The molecule has 5 heteroatoms. The Morgan fingerprint density at radius 2 is 2.31 bits per heavy atom. The Bertz CT molecular complexity index is 444. The Kier molecular flexibility index (Phi) is 3.90. The fourth-order valence-corrected chi connectivity index (χ4v) is 2.42. The quantitative estimate of drug-likeness (QED) is 0.938. The highest BCUT2D eigenvalue weighted by atomic mass is 79.9. The smallest absolute Gasteiger partial charge is 0.140 e. The number of aromatic nitrogens is 2. The summed E-state index contributed by atoms with van der Waals surface area (Å²) in [5, 5.41) is 6.46. The van der Waals surface area contributed by atoms with Crippen LogP contribution >= 0.6 is 27.3 Å². The third kappa shape index (κ3) is 2.80. The predicted octanol–water partition coefficient (Wildman–Crippen LogP) is 3.52. The summed E-state index contributed by atoms with van der Waals surface area (Å²) < 4.78 is 0.987. The predicted molar refractivity (Wildman–Crippen MR) is 71.0 cm³/mol. The second-order valence-electron chi connectivity index (χ2n) is 3.49. The Balaban J connectivity index is 1.95. The molecule has 0 saturated carbocycles. The zero-order valence-electron chi connectivity index (χ0n) is 8.85. The van der Waals surface area contributed by atoms with Crippen LogP contribution in [0.1, 0.15) is 17.8 Å². The maximum atomic E-state index is 4.30. The van der Waals surface area contributed by atoms with E-state index in [1.807, 2.05) is 23.7 Å². The van der Waals surface area contributed by atoms with Gasteiger partial charge in [-0.25, -0.2) is 9.97 Å². The molecule has 0 aliphatic rings. The van der Waals surface area contributed by atoms with Gasteiger partial charge >= 0.3 is 0 Å². The molecule has 0 saturated heterocycles. The summed E-state index contributed by atoms with van der Waals surface area (Å²) in [6.07, 6.45) is 3.62. The number of rotatable bonds is 4. The summed E-state index contributed by atoms with van der Waals surface area (Å²) in [7, 11) is 0. The number of hydrogen-bond donors (Lipinski definition) is 1. The maximum Gasteiger partial charge on any atom is 0.140 e. The minimum absolute atomic E-state index is 0.397. The van der Waals surface area contributed by atoms with E-state index in [1.54, 1.807) is 17.5 Å². The van der Waals surface area contributed by atoms with Crippen molar-refractivity contribution in [2.45, 2.75) is 12.8 Å². The zero-order chi connectivity index (χ0) is 11.4. The molecule has 0 bridgehead atoms. The fourth-order valence-electron chi connectivity index (χ4n) is 1.33. The lowest BCUT2D eigenvalue weighted by atomic mass is 10.2. The van der Waals surface area contributed by atoms with Crippen molar-refractivity contribution in [2.24, 2.45) is 0 Å². The van der Waals surface area contributed by atoms with Gasteiger partial charge in [0.15, 0.2) is 0 Å². The molecule has 0 amide bonds. The van der Waals surface area contributed by atoms with Crippen LogP contribution in [0.15, 0.2) is 34.4 Å². The van der Waals surface area contributed by atoms with Crippen LogP contribution in [0.5, 0.6) is 0 Å². The number of thiazole rings is 1. The molecule has 2 rings (SSSR count). The van der Waals surface area contributed by atoms with Crippen molar-refractivity contribution in [1.82, 2.24) is 9.97 Å². The number of hydrogen-bond acceptors (Lipinski definition) is 4. The molecule has 1 unspecified atom stereocenters. The number of nitrogens with zero attached hydrogens (tertiary/aromatic N) is 2. The minimum Gasteiger partial charge on any atom is -0.368 e. The van der Waals surface area contributed by atoms with Crippen molar-refractivity contribution in [1.29, 1.82) is 0 Å². The van der Waals surface area contributed by atoms with E-state index < -0.39 is 0 Å². The van der Waals surface area contributed by atoms with E-state index >= 15 is 0 Å². The first-order chi connectivity index (χ1) is 7.77. The highest BCUT2D eigenvalue weighted by Crippen LogP contribution is 2.21. The molecule has 2 aromatic rings. The van der Waals surface area contributed by atoms with Crippen molar-refractivity contribution in [3.63, 3.8) is 0 Å². The monoisotopic (exact) mass is 297 g/mol. The Hall–Kier alpha value is -0.940. The van der Waals surface area contributed by atoms with Gasteiger partial charge in [-0.1, -0.05) is 6.92 Å². The average molecular weight is 298 g/mol. The highest BCUT2D eigenvalue weighted by molar-refractivity contribution is 9.10. The summed E-state index contributed by atoms with van der Waals surface area (Å²) in [6, 6.07) is 3.88. The SMILES string of the molecule is CC(CNc1ncccc1Br)c1nccs1. The number of pyridine rings is 1. The third-order valence-corrected chi connectivity index (χ3v) is 3.85. The Morgan fingerprint density at radius 3 is 3.00 bits per heavy atom. The van der Waals surface area contributed by atoms with Crippen LogP contribution in [0.2, 0.25) is 0 Å². The van der Waals surface area contributed by atoms with E-state index in [1.165, 1.54) is 0 Å². The van der Waals surface area contributed by atoms with Gasteiger partial charge in [0.25, 0.3) is 0 Å². The van der Waals surface area contributed by atoms with Gasteiger partial charge in [0.2, 0.25) is 0 Å². The van der Waals surface area contributed by atoms with Crippen LogP contribution in [-0.4, -0.2) is 16.5 Å². The highest BCUT2D eigenvalue weighted by Gasteiger charge is 2.08. The molecule has 2 aromatic heterocycles. The summed E-state index contributed by atoms with van der Waals surface area (Å²) in [5.41, 5.74) is 0. The van der Waals surface area contributed by atoms with Crippen LogP contribution in [0.4, 0.5) is 5.82 Å². The van der Waals surface area contributed by atoms with Gasteiger partial charge in [0.1, 0.15) is 5.82 Å². The molecular formula is C11H12BrN3S. The van der Waals surface area contributed by atoms with Crippen LogP contribution in [-0.2, 0) is 0 Å². The van der Waals surface area contributed by atoms with Gasteiger partial charge in [-0.05, 0) is 28.1 Å². The van der Waals surface area contributed by atoms with Crippen molar-refractivity contribution in [3.05, 3.63) is 39.4 Å². The number of nitrogens with one attached hydrogen (secondary N) is 1. The molecule has 0 aliphatic carbocycles. The first-order valence-corrected chi connectivity index (χ1v) is 6.68. The first kappa shape index (κ1) is 11.5. The second-order valence-corrected chi connectivity index (χ2v) is 5.27. The normalized spacial score (nSPS) is 12.4. The number of anilines is 1. The van der Waals surface area contributed by atoms with Crippen LogP contribution < -0.4 is 5.32 Å². The van der Waals surface area contributed by atoms with E-state index in [0.717, 1.165) is 21.8 Å². The van der Waals surface area contributed by atoms with Crippen LogP contribution in [0.3, 0.4) is 0 Å². The van der Waals surface area contributed by atoms with Gasteiger partial charge in [-0.15, -0.1) is 11.3 Å². The lowest BCUT2D eigenvalue weighted by Gasteiger charge is -2.11. The van der Waals surface area contributed by atoms with Crippen molar-refractivity contribution >= 4 is 33.1 Å². The fraction of sp³-hybridized carbons (Fsp3) is 0.273. The molecule has 84 valence electrons. The Morgan fingerprint density at radius 1 is 1.44 bits per heavy atom. The van der Waals surface area contributed by atoms with Crippen LogP contribution in [0.25, 0.3) is 0 Å². The maximum absolute atomic E-state index is 4.30. The van der Waals surface area contributed by atoms with E-state index in [0.29, 0.717) is 5.92 Å². The summed E-state index contributed by atoms with van der Waals surface area (Å²) in [6.45, 7) is 2.99. The molecule has 1 N–H and O–H groups in total. The lowest BCUT2D eigenvalue weighted by molar-refractivity contribution is 0.791. The van der Waals surface area contributed by atoms with E-state index in [2.05, 4.69) is 38.1 Å². The molecule has 1 atom stereocenters. The van der Waals surface area contributed by atoms with Crippen molar-refractivity contribution in [2.75, 3.05) is 11.9 Å². The summed E-state index contributed by atoms with van der Waals surface area (Å²) in [4.78, 5) is 8.55. The molecule has 0 fully saturated rings. The van der Waals surface area contributed by atoms with Crippen LogP contribution in [0, 0.1) is 0 Å². The average Bonchev–Trinajstić information content (AvgIpc) is 2.81. The molecule has 0 aromatic carbocycles. The zero-order valence-corrected chi connectivity index (χ0v) is 11.3. The molecule has 0 radical (unpaired) electrons. The lowest BCUT2D eigenvalue weighted by Crippen LogP contribution is -2.10. The standard InChI is InChI=1S/C11H12BrN3S/c1-8(11-14-5-6-16-11)7-15-10-9(12)3-2-4-13-10/h2-6,8H,7H2,1H3,(H,13,15). The first-order valence-electron chi connectivity index (χ1n) is 5.01. The van der Waals surface area contributed by atoms with E-state index in [4.69, 9.17) is 0 Å². The molecule has 2 heterocycles. The molecule has 16 heavy (non-hydrogen) atoms. The van der Waals surface area contributed by atoms with Gasteiger partial charge in [0.05, 0.1) is 9.48 Å². The summed E-state index contributed by atoms with van der Waals surface area (Å²) in [5.74, 6) is 1.28.